The molecular formula is C16H25N3O2. The highest BCUT2D eigenvalue weighted by molar-refractivity contribution is 5.94. The summed E-state index contributed by atoms with van der Waals surface area (Å²) in [6.45, 7) is 4.08. The zero-order valence-corrected chi connectivity index (χ0v) is 13.0. The predicted octanol–water partition coefficient (Wildman–Crippen LogP) is 2.68. The van der Waals surface area contributed by atoms with Crippen molar-refractivity contribution in [1.82, 2.24) is 10.6 Å². The van der Waals surface area contributed by atoms with Crippen LogP contribution < -0.4 is 16.0 Å². The van der Waals surface area contributed by atoms with Crippen molar-refractivity contribution in [3.8, 4) is 0 Å². The first kappa shape index (κ1) is 17.0. The third kappa shape index (κ3) is 5.45. The van der Waals surface area contributed by atoms with Gasteiger partial charge in [-0.2, -0.15) is 0 Å². The van der Waals surface area contributed by atoms with Gasteiger partial charge in [-0.15, -0.1) is 0 Å². The standard InChI is InChI=1S/C16H25N3O2/c1-4-8-12-10-6-7-11-13(12)18-16(21)19-14(9-5-2)15(20)17-3/h6-7,10-11,14H,4-5,8-9H2,1-3H3,(H,17,20)(H2,18,19,21)/t14-/m0/s1. The second kappa shape index (κ2) is 9.00. The minimum Gasteiger partial charge on any atom is -0.357 e. The number of urea groups is 1. The van der Waals surface area contributed by atoms with Crippen molar-refractivity contribution in [2.75, 3.05) is 12.4 Å². The van der Waals surface area contributed by atoms with E-state index in [9.17, 15) is 9.59 Å². The highest BCUT2D eigenvalue weighted by atomic mass is 16.2. The third-order valence-corrected chi connectivity index (χ3v) is 3.23. The smallest absolute Gasteiger partial charge is 0.319 e. The van der Waals surface area contributed by atoms with Gasteiger partial charge < -0.3 is 16.0 Å². The van der Waals surface area contributed by atoms with Crippen LogP contribution in [0.5, 0.6) is 0 Å². The van der Waals surface area contributed by atoms with Crippen LogP contribution in [0.25, 0.3) is 0 Å². The summed E-state index contributed by atoms with van der Waals surface area (Å²) in [6.07, 6.45) is 3.36. The molecule has 0 saturated carbocycles. The summed E-state index contributed by atoms with van der Waals surface area (Å²) in [4.78, 5) is 23.8. The summed E-state index contributed by atoms with van der Waals surface area (Å²) in [5.74, 6) is -0.172. The van der Waals surface area contributed by atoms with Gasteiger partial charge in [0, 0.05) is 12.7 Å². The molecule has 0 heterocycles. The zero-order valence-electron chi connectivity index (χ0n) is 13.0. The molecule has 0 aliphatic heterocycles. The predicted molar refractivity (Wildman–Crippen MR) is 85.4 cm³/mol. The fraction of sp³-hybridized carbons (Fsp3) is 0.500. The van der Waals surface area contributed by atoms with E-state index in [1.807, 2.05) is 31.2 Å². The first-order chi connectivity index (χ1) is 10.1. The van der Waals surface area contributed by atoms with Crippen LogP contribution in [0.15, 0.2) is 24.3 Å². The second-order valence-electron chi connectivity index (χ2n) is 4.96. The normalized spacial score (nSPS) is 11.6. The number of hydrogen-bond acceptors (Lipinski definition) is 2. The van der Waals surface area contributed by atoms with Gasteiger partial charge in [0.2, 0.25) is 5.91 Å². The summed E-state index contributed by atoms with van der Waals surface area (Å²) < 4.78 is 0. The summed E-state index contributed by atoms with van der Waals surface area (Å²) in [6, 6.07) is 6.87. The summed E-state index contributed by atoms with van der Waals surface area (Å²) in [5, 5.41) is 8.13. The van der Waals surface area contributed by atoms with Crippen LogP contribution in [0, 0.1) is 0 Å². The third-order valence-electron chi connectivity index (χ3n) is 3.23. The highest BCUT2D eigenvalue weighted by Crippen LogP contribution is 2.16. The van der Waals surface area contributed by atoms with Crippen LogP contribution in [0.1, 0.15) is 38.7 Å². The molecule has 1 rings (SSSR count). The average Bonchev–Trinajstić information content (AvgIpc) is 2.48. The van der Waals surface area contributed by atoms with Gasteiger partial charge in [0.25, 0.3) is 0 Å². The topological polar surface area (TPSA) is 70.2 Å². The van der Waals surface area contributed by atoms with Gasteiger partial charge in [-0.3, -0.25) is 4.79 Å². The van der Waals surface area contributed by atoms with Gasteiger partial charge in [0.1, 0.15) is 6.04 Å². The van der Waals surface area contributed by atoms with E-state index in [2.05, 4.69) is 22.9 Å². The molecule has 1 atom stereocenters. The fourth-order valence-corrected chi connectivity index (χ4v) is 2.18. The molecule has 5 nitrogen and oxygen atoms in total. The first-order valence-electron chi connectivity index (χ1n) is 7.49. The molecular weight excluding hydrogens is 266 g/mol. The lowest BCUT2D eigenvalue weighted by molar-refractivity contribution is -0.122. The Morgan fingerprint density at radius 1 is 1.14 bits per heavy atom. The van der Waals surface area contributed by atoms with Crippen LogP contribution in [-0.4, -0.2) is 25.0 Å². The SMILES string of the molecule is CCCc1ccccc1NC(=O)N[C@@H](CCC)C(=O)NC. The Labute approximate surface area is 126 Å². The average molecular weight is 291 g/mol. The minimum absolute atomic E-state index is 0.172. The second-order valence-corrected chi connectivity index (χ2v) is 4.96. The maximum Gasteiger partial charge on any atom is 0.319 e. The Hall–Kier alpha value is -2.04. The van der Waals surface area contributed by atoms with Crippen LogP contribution >= 0.6 is 0 Å². The lowest BCUT2D eigenvalue weighted by atomic mass is 10.1. The number of likely N-dealkylation sites (N-methyl/N-ethyl adjacent to an activating group) is 1. The lowest BCUT2D eigenvalue weighted by Gasteiger charge is -2.18. The molecule has 5 heteroatoms. The summed E-state index contributed by atoms with van der Waals surface area (Å²) in [5.41, 5.74) is 1.89. The number of benzene rings is 1. The molecule has 1 aromatic carbocycles. The number of hydrogen-bond donors (Lipinski definition) is 3. The maximum absolute atomic E-state index is 12.1. The molecule has 0 aliphatic rings. The number of para-hydroxylation sites is 1. The monoisotopic (exact) mass is 291 g/mol. The molecule has 0 fully saturated rings. The molecule has 0 saturated heterocycles. The molecule has 0 bridgehead atoms. The van der Waals surface area contributed by atoms with Crippen molar-refractivity contribution < 1.29 is 9.59 Å². The van der Waals surface area contributed by atoms with E-state index in [-0.39, 0.29) is 11.9 Å². The van der Waals surface area contributed by atoms with Gasteiger partial charge in [-0.1, -0.05) is 44.9 Å². The summed E-state index contributed by atoms with van der Waals surface area (Å²) >= 11 is 0. The van der Waals surface area contributed by atoms with Crippen molar-refractivity contribution in [1.29, 1.82) is 0 Å². The van der Waals surface area contributed by atoms with Gasteiger partial charge in [-0.25, -0.2) is 4.79 Å². The van der Waals surface area contributed by atoms with Gasteiger partial charge in [-0.05, 0) is 24.5 Å². The maximum atomic E-state index is 12.1. The Bertz CT molecular complexity index is 474. The van der Waals surface area contributed by atoms with E-state index < -0.39 is 6.04 Å². The molecule has 3 amide bonds. The van der Waals surface area contributed by atoms with Gasteiger partial charge in [0.15, 0.2) is 0 Å². The molecule has 0 spiro atoms. The van der Waals surface area contributed by atoms with Crippen LogP contribution in [0.2, 0.25) is 0 Å². The fourth-order valence-electron chi connectivity index (χ4n) is 2.18. The molecule has 0 aromatic heterocycles. The van der Waals surface area contributed by atoms with E-state index in [1.165, 1.54) is 0 Å². The van der Waals surface area contributed by atoms with Crippen molar-refractivity contribution in [2.45, 2.75) is 45.6 Å². The number of nitrogens with one attached hydrogen (secondary N) is 3. The van der Waals surface area contributed by atoms with Crippen molar-refractivity contribution >= 4 is 17.6 Å². The molecule has 3 N–H and O–H groups in total. The molecule has 0 unspecified atom stereocenters. The first-order valence-corrected chi connectivity index (χ1v) is 7.49. The number of rotatable bonds is 7. The Kier molecular flexibility index (Phi) is 7.29. The molecule has 1 aromatic rings. The number of anilines is 1. The Balaban J connectivity index is 2.69. The van der Waals surface area contributed by atoms with Crippen LogP contribution in [0.4, 0.5) is 10.5 Å². The largest absolute Gasteiger partial charge is 0.357 e. The highest BCUT2D eigenvalue weighted by Gasteiger charge is 2.18. The molecule has 21 heavy (non-hydrogen) atoms. The van der Waals surface area contributed by atoms with Gasteiger partial charge >= 0.3 is 6.03 Å². The Morgan fingerprint density at radius 3 is 2.48 bits per heavy atom. The Morgan fingerprint density at radius 2 is 1.86 bits per heavy atom. The number of carbonyl (C=O) groups is 2. The number of carbonyl (C=O) groups excluding carboxylic acids is 2. The van der Waals surface area contributed by atoms with E-state index in [1.54, 1.807) is 7.05 Å². The van der Waals surface area contributed by atoms with Gasteiger partial charge in [0.05, 0.1) is 0 Å². The number of aryl methyl sites for hydroxylation is 1. The van der Waals surface area contributed by atoms with E-state index in [0.29, 0.717) is 6.42 Å². The van der Waals surface area contributed by atoms with Crippen LogP contribution in [0.3, 0.4) is 0 Å². The molecule has 116 valence electrons. The zero-order chi connectivity index (χ0) is 15.7. The van der Waals surface area contributed by atoms with E-state index in [0.717, 1.165) is 30.5 Å². The quantitative estimate of drug-likeness (QED) is 0.723. The lowest BCUT2D eigenvalue weighted by Crippen LogP contribution is -2.47. The number of amides is 3. The summed E-state index contributed by atoms with van der Waals surface area (Å²) in [7, 11) is 1.57. The van der Waals surface area contributed by atoms with E-state index in [4.69, 9.17) is 0 Å². The minimum atomic E-state index is -0.502. The molecule has 0 radical (unpaired) electrons. The van der Waals surface area contributed by atoms with Crippen molar-refractivity contribution in [3.63, 3.8) is 0 Å². The van der Waals surface area contributed by atoms with Crippen LogP contribution in [-0.2, 0) is 11.2 Å². The van der Waals surface area contributed by atoms with Crippen molar-refractivity contribution in [2.24, 2.45) is 0 Å². The van der Waals surface area contributed by atoms with E-state index >= 15 is 0 Å². The molecule has 0 aliphatic carbocycles. The van der Waals surface area contributed by atoms with Crippen molar-refractivity contribution in [3.05, 3.63) is 29.8 Å².